The van der Waals surface area contributed by atoms with Gasteiger partial charge in [-0.2, -0.15) is 0 Å². The van der Waals surface area contributed by atoms with Gasteiger partial charge in [0.2, 0.25) is 18.6 Å². The molecule has 4 aromatic rings. The second-order valence-corrected chi connectivity index (χ2v) is 9.45. The first-order chi connectivity index (χ1) is 17.9. The number of ether oxygens (including phenoxy) is 2. The third kappa shape index (κ3) is 4.95. The van der Waals surface area contributed by atoms with Gasteiger partial charge in [0, 0.05) is 29.7 Å². The lowest BCUT2D eigenvalue weighted by molar-refractivity contribution is -0.128. The van der Waals surface area contributed by atoms with Crippen molar-refractivity contribution >= 4 is 28.5 Å². The number of fused-ring (bicyclic) bond motifs is 2. The van der Waals surface area contributed by atoms with Gasteiger partial charge in [-0.05, 0) is 62.2 Å². The van der Waals surface area contributed by atoms with Crippen LogP contribution in [0.2, 0.25) is 0 Å². The quantitative estimate of drug-likeness (QED) is 0.393. The Kier molecular flexibility index (Phi) is 6.47. The van der Waals surface area contributed by atoms with E-state index in [0.717, 1.165) is 5.52 Å². The van der Waals surface area contributed by atoms with Gasteiger partial charge in [-0.3, -0.25) is 19.5 Å². The van der Waals surface area contributed by atoms with Gasteiger partial charge in [0.1, 0.15) is 18.1 Å². The lowest BCUT2D eigenvalue weighted by Gasteiger charge is -2.34. The van der Waals surface area contributed by atoms with Crippen molar-refractivity contribution in [1.82, 2.24) is 25.3 Å². The largest absolute Gasteiger partial charge is 0.454 e. The number of nitrogens with zero attached hydrogens (tertiary/aromatic N) is 5. The Labute approximate surface area is 214 Å². The van der Waals surface area contributed by atoms with Crippen LogP contribution in [0.1, 0.15) is 38.8 Å². The van der Waals surface area contributed by atoms with Crippen LogP contribution in [-0.4, -0.2) is 44.1 Å². The minimum Gasteiger partial charge on any atom is -0.454 e. The zero-order valence-corrected chi connectivity index (χ0v) is 20.9. The Morgan fingerprint density at radius 3 is 2.62 bits per heavy atom. The van der Waals surface area contributed by atoms with E-state index in [2.05, 4.69) is 20.6 Å². The Hall–Kier alpha value is -4.47. The molecule has 5 rings (SSSR count). The van der Waals surface area contributed by atoms with Gasteiger partial charge >= 0.3 is 0 Å². The van der Waals surface area contributed by atoms with E-state index in [1.807, 2.05) is 45.0 Å². The number of nitrogens with one attached hydrogen (secondary N) is 1. The van der Waals surface area contributed by atoms with Crippen LogP contribution in [0.5, 0.6) is 11.5 Å². The molecule has 10 heteroatoms. The maximum Gasteiger partial charge on any atom is 0.249 e. The van der Waals surface area contributed by atoms with Crippen molar-refractivity contribution in [1.29, 1.82) is 0 Å². The molecule has 1 aliphatic rings. The summed E-state index contributed by atoms with van der Waals surface area (Å²) in [5.74, 6) is 0.424. The molecule has 1 N–H and O–H groups in total. The summed E-state index contributed by atoms with van der Waals surface area (Å²) < 4.78 is 12.6. The fraction of sp³-hybridized carbons (Fsp3) is 0.296. The third-order valence-electron chi connectivity index (χ3n) is 6.48. The number of hydrogen-bond acceptors (Lipinski definition) is 7. The molecule has 0 fully saturated rings. The van der Waals surface area contributed by atoms with Crippen molar-refractivity contribution < 1.29 is 19.1 Å². The highest BCUT2D eigenvalue weighted by molar-refractivity contribution is 6.02. The summed E-state index contributed by atoms with van der Waals surface area (Å²) in [6, 6.07) is 15.1. The standard InChI is InChI=1S/C27H28N6O4/c1-4-27(2,3)29-26(35)25(18-11-13-28-14-12-18)33(19-9-10-22-23(15-19)37-17-36-22)24(34)16-32-21-8-6-5-7-20(21)30-31-32/h5-15,25H,4,16-17H2,1-3H3,(H,29,35). The third-order valence-corrected chi connectivity index (χ3v) is 6.48. The van der Waals surface area contributed by atoms with Gasteiger partial charge in [0.05, 0.1) is 5.52 Å². The van der Waals surface area contributed by atoms with Crippen LogP contribution in [0.4, 0.5) is 5.69 Å². The summed E-state index contributed by atoms with van der Waals surface area (Å²) in [6.45, 7) is 5.86. The second-order valence-electron chi connectivity index (χ2n) is 9.45. The van der Waals surface area contributed by atoms with Gasteiger partial charge in [0.25, 0.3) is 0 Å². The zero-order valence-electron chi connectivity index (χ0n) is 20.9. The smallest absolute Gasteiger partial charge is 0.249 e. The average Bonchev–Trinajstić information content (AvgIpc) is 3.54. The molecular weight excluding hydrogens is 472 g/mol. The van der Waals surface area contributed by atoms with E-state index in [9.17, 15) is 9.59 Å². The van der Waals surface area contributed by atoms with E-state index < -0.39 is 11.6 Å². The highest BCUT2D eigenvalue weighted by atomic mass is 16.7. The molecule has 0 radical (unpaired) electrons. The highest BCUT2D eigenvalue weighted by Gasteiger charge is 2.36. The SMILES string of the molecule is CCC(C)(C)NC(=O)C(c1ccncc1)N(C(=O)Cn1nnc2ccccc21)c1ccc2c(c1)OCO2. The number of anilines is 1. The minimum atomic E-state index is -0.975. The number of hydrogen-bond donors (Lipinski definition) is 1. The number of pyridine rings is 1. The number of amides is 2. The fourth-order valence-corrected chi connectivity index (χ4v) is 4.16. The van der Waals surface area contributed by atoms with Crippen LogP contribution in [0.3, 0.4) is 0 Å². The number of rotatable bonds is 8. The molecule has 1 unspecified atom stereocenters. The van der Waals surface area contributed by atoms with E-state index >= 15 is 0 Å². The molecule has 190 valence electrons. The molecule has 1 atom stereocenters. The van der Waals surface area contributed by atoms with E-state index in [1.54, 1.807) is 42.7 Å². The zero-order chi connectivity index (χ0) is 26.0. The van der Waals surface area contributed by atoms with E-state index in [0.29, 0.717) is 34.7 Å². The fourth-order valence-electron chi connectivity index (χ4n) is 4.16. The van der Waals surface area contributed by atoms with Crippen LogP contribution in [0.15, 0.2) is 67.0 Å². The lowest BCUT2D eigenvalue weighted by Crippen LogP contribution is -2.51. The van der Waals surface area contributed by atoms with E-state index in [1.165, 1.54) is 9.58 Å². The average molecular weight is 501 g/mol. The molecule has 0 saturated carbocycles. The number of carbonyl (C=O) groups is 2. The van der Waals surface area contributed by atoms with Crippen LogP contribution in [-0.2, 0) is 16.1 Å². The van der Waals surface area contributed by atoms with Crippen molar-refractivity contribution in [3.05, 3.63) is 72.6 Å². The van der Waals surface area contributed by atoms with Crippen molar-refractivity contribution in [2.75, 3.05) is 11.7 Å². The first-order valence-electron chi connectivity index (χ1n) is 12.1. The van der Waals surface area contributed by atoms with Crippen molar-refractivity contribution in [2.45, 2.75) is 45.3 Å². The van der Waals surface area contributed by atoms with Gasteiger partial charge in [-0.1, -0.05) is 24.3 Å². The monoisotopic (exact) mass is 500 g/mol. The Morgan fingerprint density at radius 2 is 1.84 bits per heavy atom. The molecular formula is C27H28N6O4. The maximum atomic E-state index is 14.1. The molecule has 0 bridgehead atoms. The van der Waals surface area contributed by atoms with Gasteiger partial charge < -0.3 is 14.8 Å². The normalized spacial score (nSPS) is 13.4. The number of benzene rings is 2. The van der Waals surface area contributed by atoms with Gasteiger partial charge in [-0.15, -0.1) is 5.10 Å². The molecule has 1 aliphatic heterocycles. The predicted molar refractivity (Wildman–Crippen MR) is 137 cm³/mol. The van der Waals surface area contributed by atoms with Crippen molar-refractivity contribution in [3.8, 4) is 11.5 Å². The topological polar surface area (TPSA) is 111 Å². The highest BCUT2D eigenvalue weighted by Crippen LogP contribution is 2.38. The van der Waals surface area contributed by atoms with Gasteiger partial charge in [-0.25, -0.2) is 4.68 Å². The second kappa shape index (κ2) is 9.88. The first kappa shape index (κ1) is 24.2. The van der Waals surface area contributed by atoms with Crippen LogP contribution in [0, 0.1) is 0 Å². The Morgan fingerprint density at radius 1 is 1.08 bits per heavy atom. The molecule has 0 spiro atoms. The Bertz CT molecular complexity index is 1440. The predicted octanol–water partition coefficient (Wildman–Crippen LogP) is 3.63. The van der Waals surface area contributed by atoms with Crippen LogP contribution in [0.25, 0.3) is 11.0 Å². The number of para-hydroxylation sites is 1. The van der Waals surface area contributed by atoms with Crippen LogP contribution < -0.4 is 19.7 Å². The van der Waals surface area contributed by atoms with Gasteiger partial charge in [0.15, 0.2) is 11.5 Å². The molecule has 10 nitrogen and oxygen atoms in total. The first-order valence-corrected chi connectivity index (χ1v) is 12.1. The summed E-state index contributed by atoms with van der Waals surface area (Å²) in [7, 11) is 0. The summed E-state index contributed by atoms with van der Waals surface area (Å²) in [6.07, 6.45) is 3.92. The van der Waals surface area contributed by atoms with E-state index in [4.69, 9.17) is 9.47 Å². The molecule has 2 aromatic heterocycles. The minimum absolute atomic E-state index is 0.0939. The summed E-state index contributed by atoms with van der Waals surface area (Å²) in [5, 5.41) is 11.5. The summed E-state index contributed by atoms with van der Waals surface area (Å²) >= 11 is 0. The molecule has 2 amide bonds. The summed E-state index contributed by atoms with van der Waals surface area (Å²) in [5.41, 5.74) is 2.03. The van der Waals surface area contributed by atoms with E-state index in [-0.39, 0.29) is 25.2 Å². The summed E-state index contributed by atoms with van der Waals surface area (Å²) in [4.78, 5) is 33.5. The molecule has 2 aromatic carbocycles. The molecule has 37 heavy (non-hydrogen) atoms. The Balaban J connectivity index is 1.60. The maximum absolute atomic E-state index is 14.1. The molecule has 0 saturated heterocycles. The molecule has 3 heterocycles. The van der Waals surface area contributed by atoms with Crippen molar-refractivity contribution in [3.63, 3.8) is 0 Å². The van der Waals surface area contributed by atoms with Crippen LogP contribution >= 0.6 is 0 Å². The van der Waals surface area contributed by atoms with Crippen molar-refractivity contribution in [2.24, 2.45) is 0 Å². The lowest BCUT2D eigenvalue weighted by atomic mass is 9.98. The number of aromatic nitrogens is 4. The number of carbonyl (C=O) groups excluding carboxylic acids is 2. The molecule has 0 aliphatic carbocycles.